The third-order valence-electron chi connectivity index (χ3n) is 4.21. The van der Waals surface area contributed by atoms with Crippen molar-refractivity contribution in [3.63, 3.8) is 0 Å². The maximum absolute atomic E-state index is 12.0. The van der Waals surface area contributed by atoms with Crippen molar-refractivity contribution in [2.24, 2.45) is 5.73 Å². The highest BCUT2D eigenvalue weighted by Gasteiger charge is 2.35. The van der Waals surface area contributed by atoms with Crippen LogP contribution in [-0.2, 0) is 10.5 Å². The molecular weight excluding hydrogens is 360 g/mol. The molecule has 1 atom stereocenters. The van der Waals surface area contributed by atoms with Gasteiger partial charge in [-0.25, -0.2) is 0 Å². The van der Waals surface area contributed by atoms with Gasteiger partial charge in [0.25, 0.3) is 0 Å². The lowest BCUT2D eigenvalue weighted by atomic mass is 9.86. The number of nitriles is 2. The summed E-state index contributed by atoms with van der Waals surface area (Å²) in [7, 11) is 0. The van der Waals surface area contributed by atoms with E-state index in [1.165, 1.54) is 18.0 Å². The van der Waals surface area contributed by atoms with Crippen molar-refractivity contribution >= 4 is 17.7 Å². The van der Waals surface area contributed by atoms with Gasteiger partial charge in [0.15, 0.2) is 0 Å². The Morgan fingerprint density at radius 1 is 1.26 bits per heavy atom. The molecule has 2 aromatic rings. The lowest BCUT2D eigenvalue weighted by Crippen LogP contribution is -2.30. The summed E-state index contributed by atoms with van der Waals surface area (Å²) in [6.45, 7) is 1.76. The minimum Gasteiger partial charge on any atom is -0.468 e. The van der Waals surface area contributed by atoms with E-state index in [0.717, 1.165) is 5.56 Å². The topological polar surface area (TPSA) is 116 Å². The number of dihydropyridines is 1. The summed E-state index contributed by atoms with van der Waals surface area (Å²) < 4.78 is 5.48. The smallest absolute Gasteiger partial charge is 0.247 e. The van der Waals surface area contributed by atoms with Crippen molar-refractivity contribution in [3.05, 3.63) is 81.4 Å². The number of primary amides is 1. The first kappa shape index (κ1) is 18.4. The molecule has 1 amide bonds. The summed E-state index contributed by atoms with van der Waals surface area (Å²) in [5.41, 5.74) is 8.49. The number of thioether (sulfide) groups is 1. The molecule has 0 bridgehead atoms. The molecule has 0 fully saturated rings. The van der Waals surface area contributed by atoms with E-state index in [2.05, 4.69) is 17.5 Å². The standard InChI is InChI=1S/C20H16N4O2S/c1-12-17(19(23)25)18(16-3-2-8-26-16)15(10-22)20(24-12)27-11-14-6-4-13(9-21)5-7-14/h2-8,18,24H,11H2,1H3,(H2,23,25)/t18-/m1/s1. The highest BCUT2D eigenvalue weighted by Crippen LogP contribution is 2.41. The first-order valence-electron chi connectivity index (χ1n) is 8.12. The van der Waals surface area contributed by atoms with Crippen LogP contribution >= 0.6 is 11.8 Å². The van der Waals surface area contributed by atoms with Gasteiger partial charge in [0.2, 0.25) is 5.91 Å². The Balaban J connectivity index is 1.93. The highest BCUT2D eigenvalue weighted by molar-refractivity contribution is 8.02. The molecule has 3 N–H and O–H groups in total. The summed E-state index contributed by atoms with van der Waals surface area (Å²) in [5.74, 6) is -0.126. The number of hydrogen-bond donors (Lipinski definition) is 2. The fourth-order valence-corrected chi connectivity index (χ4v) is 3.97. The van der Waals surface area contributed by atoms with Crippen LogP contribution in [0.2, 0.25) is 0 Å². The predicted molar refractivity (Wildman–Crippen MR) is 102 cm³/mol. The number of nitrogens with one attached hydrogen (secondary N) is 1. The van der Waals surface area contributed by atoms with Crippen molar-refractivity contribution in [3.8, 4) is 12.1 Å². The molecule has 6 nitrogen and oxygen atoms in total. The van der Waals surface area contributed by atoms with Crippen LogP contribution in [0.15, 0.2) is 69.0 Å². The summed E-state index contributed by atoms with van der Waals surface area (Å²) in [6, 6.07) is 15.0. The third kappa shape index (κ3) is 3.74. The summed E-state index contributed by atoms with van der Waals surface area (Å²) >= 11 is 1.45. The largest absolute Gasteiger partial charge is 0.468 e. The number of hydrogen-bond acceptors (Lipinski definition) is 6. The molecule has 3 rings (SSSR count). The van der Waals surface area contributed by atoms with Crippen molar-refractivity contribution in [1.29, 1.82) is 10.5 Å². The number of amides is 1. The molecular formula is C20H16N4O2S. The lowest BCUT2D eigenvalue weighted by molar-refractivity contribution is -0.114. The van der Waals surface area contributed by atoms with Gasteiger partial charge in [0.05, 0.1) is 46.1 Å². The van der Waals surface area contributed by atoms with Gasteiger partial charge in [-0.1, -0.05) is 12.1 Å². The summed E-state index contributed by atoms with van der Waals surface area (Å²) in [6.07, 6.45) is 1.50. The van der Waals surface area contributed by atoms with E-state index in [9.17, 15) is 10.1 Å². The maximum Gasteiger partial charge on any atom is 0.247 e. The minimum atomic E-state index is -0.632. The van der Waals surface area contributed by atoms with Crippen LogP contribution in [0, 0.1) is 22.7 Å². The van der Waals surface area contributed by atoms with Crippen molar-refractivity contribution < 1.29 is 9.21 Å². The van der Waals surface area contributed by atoms with Gasteiger partial charge in [0.1, 0.15) is 5.76 Å². The predicted octanol–water partition coefficient (Wildman–Crippen LogP) is 3.27. The Kier molecular flexibility index (Phi) is 5.35. The van der Waals surface area contributed by atoms with E-state index in [1.54, 1.807) is 31.2 Å². The van der Waals surface area contributed by atoms with Crippen molar-refractivity contribution in [2.45, 2.75) is 18.6 Å². The van der Waals surface area contributed by atoms with Gasteiger partial charge in [0, 0.05) is 11.4 Å². The van der Waals surface area contributed by atoms with Crippen LogP contribution in [0.4, 0.5) is 0 Å². The fourth-order valence-electron chi connectivity index (χ4n) is 2.92. The number of nitrogens with two attached hydrogens (primary N) is 1. The normalized spacial score (nSPS) is 16.5. The molecule has 2 heterocycles. The summed E-state index contributed by atoms with van der Waals surface area (Å²) in [5, 5.41) is 22.5. The maximum atomic E-state index is 12.0. The molecule has 1 aromatic carbocycles. The van der Waals surface area contributed by atoms with Gasteiger partial charge in [-0.3, -0.25) is 4.79 Å². The van der Waals surface area contributed by atoms with Crippen molar-refractivity contribution in [2.75, 3.05) is 0 Å². The van der Waals surface area contributed by atoms with Crippen LogP contribution < -0.4 is 11.1 Å². The molecule has 0 saturated heterocycles. The molecule has 1 aliphatic heterocycles. The fraction of sp³-hybridized carbons (Fsp3) is 0.150. The van der Waals surface area contributed by atoms with Gasteiger partial charge < -0.3 is 15.5 Å². The van der Waals surface area contributed by atoms with E-state index in [1.807, 2.05) is 12.1 Å². The average Bonchev–Trinajstić information content (AvgIpc) is 3.20. The van der Waals surface area contributed by atoms with Gasteiger partial charge in [-0.15, -0.1) is 11.8 Å². The Labute approximate surface area is 161 Å². The van der Waals surface area contributed by atoms with Crippen LogP contribution in [0.5, 0.6) is 0 Å². The molecule has 0 unspecified atom stereocenters. The summed E-state index contributed by atoms with van der Waals surface area (Å²) in [4.78, 5) is 12.0. The van der Waals surface area contributed by atoms with Crippen LogP contribution in [0.1, 0.15) is 29.7 Å². The Hall–Kier alpha value is -3.42. The molecule has 1 aliphatic rings. The van der Waals surface area contributed by atoms with Crippen LogP contribution in [0.3, 0.4) is 0 Å². The van der Waals surface area contributed by atoms with Crippen LogP contribution in [-0.4, -0.2) is 5.91 Å². The molecule has 7 heteroatoms. The zero-order chi connectivity index (χ0) is 19.4. The zero-order valence-electron chi connectivity index (χ0n) is 14.5. The second kappa shape index (κ2) is 7.86. The number of rotatable bonds is 5. The number of carbonyl (C=O) groups excluding carboxylic acids is 1. The Bertz CT molecular complexity index is 1010. The van der Waals surface area contributed by atoms with E-state index < -0.39 is 11.8 Å². The highest BCUT2D eigenvalue weighted by atomic mass is 32.2. The Morgan fingerprint density at radius 2 is 2.00 bits per heavy atom. The van der Waals surface area contributed by atoms with E-state index in [-0.39, 0.29) is 0 Å². The number of allylic oxidation sites excluding steroid dienone is 2. The third-order valence-corrected chi connectivity index (χ3v) is 5.30. The van der Waals surface area contributed by atoms with Gasteiger partial charge in [-0.05, 0) is 36.8 Å². The molecule has 134 valence electrons. The molecule has 0 saturated carbocycles. The lowest BCUT2D eigenvalue weighted by Gasteiger charge is -2.27. The van der Waals surface area contributed by atoms with Gasteiger partial charge in [-0.2, -0.15) is 10.5 Å². The quantitative estimate of drug-likeness (QED) is 0.827. The van der Waals surface area contributed by atoms with E-state index in [4.69, 9.17) is 15.4 Å². The number of nitrogens with zero attached hydrogens (tertiary/aromatic N) is 2. The minimum absolute atomic E-state index is 0.323. The number of carbonyl (C=O) groups is 1. The SMILES string of the molecule is CC1=C(C(N)=O)[C@@H](c2ccco2)C(C#N)=C(SCc2ccc(C#N)cc2)N1. The van der Waals surface area contributed by atoms with Crippen LogP contribution in [0.25, 0.3) is 0 Å². The molecule has 0 radical (unpaired) electrons. The second-order valence-corrected chi connectivity index (χ2v) is 6.91. The van der Waals surface area contributed by atoms with E-state index >= 15 is 0 Å². The molecule has 0 aliphatic carbocycles. The Morgan fingerprint density at radius 3 is 2.56 bits per heavy atom. The average molecular weight is 376 g/mol. The second-order valence-electron chi connectivity index (χ2n) is 5.93. The number of benzene rings is 1. The van der Waals surface area contributed by atoms with Gasteiger partial charge >= 0.3 is 0 Å². The van der Waals surface area contributed by atoms with Crippen molar-refractivity contribution in [1.82, 2.24) is 5.32 Å². The zero-order valence-corrected chi connectivity index (χ0v) is 15.3. The molecule has 27 heavy (non-hydrogen) atoms. The monoisotopic (exact) mass is 376 g/mol. The first-order valence-corrected chi connectivity index (χ1v) is 9.10. The van der Waals surface area contributed by atoms with E-state index in [0.29, 0.717) is 38.9 Å². The molecule has 0 spiro atoms. The first-order chi connectivity index (χ1) is 13.0. The number of furan rings is 1. The molecule has 1 aromatic heterocycles.